The van der Waals surface area contributed by atoms with Crippen molar-refractivity contribution in [3.63, 3.8) is 0 Å². The lowest BCUT2D eigenvalue weighted by Crippen LogP contribution is -2.11. The molecular weight excluding hydrogens is 204 g/mol. The SMILES string of the molecule is CCC(O)c1noc(C2CCC(C)CC2)n1. The van der Waals surface area contributed by atoms with Gasteiger partial charge in [-0.2, -0.15) is 4.98 Å². The second-order valence-corrected chi connectivity index (χ2v) is 4.87. The maximum Gasteiger partial charge on any atom is 0.229 e. The molecule has 1 heterocycles. The first-order chi connectivity index (χ1) is 7.70. The predicted octanol–water partition coefficient (Wildman–Crippen LogP) is 2.81. The zero-order chi connectivity index (χ0) is 11.5. The van der Waals surface area contributed by atoms with Crippen molar-refractivity contribution in [3.05, 3.63) is 11.7 Å². The maximum atomic E-state index is 9.60. The van der Waals surface area contributed by atoms with Gasteiger partial charge in [-0.05, 0) is 38.0 Å². The van der Waals surface area contributed by atoms with Crippen molar-refractivity contribution in [3.8, 4) is 0 Å². The third-order valence-corrected chi connectivity index (χ3v) is 3.51. The van der Waals surface area contributed by atoms with Gasteiger partial charge in [0, 0.05) is 5.92 Å². The van der Waals surface area contributed by atoms with Gasteiger partial charge in [-0.25, -0.2) is 0 Å². The molecule has 1 aromatic rings. The van der Waals surface area contributed by atoms with Crippen molar-refractivity contribution >= 4 is 0 Å². The van der Waals surface area contributed by atoms with Crippen molar-refractivity contribution in [2.75, 3.05) is 0 Å². The fourth-order valence-electron chi connectivity index (χ4n) is 2.24. The molecule has 1 aromatic heterocycles. The van der Waals surface area contributed by atoms with Gasteiger partial charge in [-0.3, -0.25) is 0 Å². The summed E-state index contributed by atoms with van der Waals surface area (Å²) >= 11 is 0. The average molecular weight is 224 g/mol. The Morgan fingerprint density at radius 3 is 2.69 bits per heavy atom. The van der Waals surface area contributed by atoms with Gasteiger partial charge in [0.1, 0.15) is 6.10 Å². The molecule has 90 valence electrons. The predicted molar refractivity (Wildman–Crippen MR) is 59.9 cm³/mol. The van der Waals surface area contributed by atoms with E-state index in [1.165, 1.54) is 12.8 Å². The summed E-state index contributed by atoms with van der Waals surface area (Å²) < 4.78 is 5.24. The number of aromatic nitrogens is 2. The Morgan fingerprint density at radius 1 is 1.38 bits per heavy atom. The Balaban J connectivity index is 2.01. The van der Waals surface area contributed by atoms with E-state index >= 15 is 0 Å². The van der Waals surface area contributed by atoms with E-state index in [4.69, 9.17) is 4.52 Å². The van der Waals surface area contributed by atoms with Gasteiger partial charge >= 0.3 is 0 Å². The molecule has 0 radical (unpaired) electrons. The molecule has 2 rings (SSSR count). The number of hydrogen-bond donors (Lipinski definition) is 1. The van der Waals surface area contributed by atoms with Crippen molar-refractivity contribution in [2.45, 2.75) is 58.0 Å². The molecule has 1 aliphatic carbocycles. The quantitative estimate of drug-likeness (QED) is 0.857. The topological polar surface area (TPSA) is 59.2 Å². The lowest BCUT2D eigenvalue weighted by atomic mass is 9.83. The van der Waals surface area contributed by atoms with Gasteiger partial charge in [-0.15, -0.1) is 0 Å². The molecule has 0 amide bonds. The van der Waals surface area contributed by atoms with Gasteiger partial charge in [0.15, 0.2) is 5.82 Å². The molecule has 16 heavy (non-hydrogen) atoms. The normalized spacial score (nSPS) is 27.9. The van der Waals surface area contributed by atoms with E-state index in [0.717, 1.165) is 24.7 Å². The van der Waals surface area contributed by atoms with Crippen LogP contribution in [0.5, 0.6) is 0 Å². The summed E-state index contributed by atoms with van der Waals surface area (Å²) in [5.74, 6) is 2.38. The zero-order valence-corrected chi connectivity index (χ0v) is 10.0. The number of aliphatic hydroxyl groups excluding tert-OH is 1. The van der Waals surface area contributed by atoms with E-state index < -0.39 is 6.10 Å². The highest BCUT2D eigenvalue weighted by Crippen LogP contribution is 2.34. The minimum Gasteiger partial charge on any atom is -0.385 e. The summed E-state index contributed by atoms with van der Waals surface area (Å²) in [6, 6.07) is 0. The Bertz CT molecular complexity index is 330. The monoisotopic (exact) mass is 224 g/mol. The molecule has 1 N–H and O–H groups in total. The second-order valence-electron chi connectivity index (χ2n) is 4.87. The van der Waals surface area contributed by atoms with Crippen LogP contribution in [0, 0.1) is 5.92 Å². The van der Waals surface area contributed by atoms with Crippen LogP contribution in [0.3, 0.4) is 0 Å². The fraction of sp³-hybridized carbons (Fsp3) is 0.833. The molecule has 0 aromatic carbocycles. The Morgan fingerprint density at radius 2 is 2.06 bits per heavy atom. The van der Waals surface area contributed by atoms with Crippen LogP contribution < -0.4 is 0 Å². The van der Waals surface area contributed by atoms with Gasteiger partial charge in [0.25, 0.3) is 0 Å². The van der Waals surface area contributed by atoms with Crippen molar-refractivity contribution in [1.82, 2.24) is 10.1 Å². The fourth-order valence-corrected chi connectivity index (χ4v) is 2.24. The summed E-state index contributed by atoms with van der Waals surface area (Å²) in [6.07, 6.45) is 4.77. The largest absolute Gasteiger partial charge is 0.385 e. The van der Waals surface area contributed by atoms with E-state index in [9.17, 15) is 5.11 Å². The lowest BCUT2D eigenvalue weighted by molar-refractivity contribution is 0.159. The summed E-state index contributed by atoms with van der Waals surface area (Å²) in [7, 11) is 0. The Hall–Kier alpha value is -0.900. The molecule has 0 aliphatic heterocycles. The van der Waals surface area contributed by atoms with Crippen molar-refractivity contribution < 1.29 is 9.63 Å². The maximum absolute atomic E-state index is 9.60. The van der Waals surface area contributed by atoms with Crippen molar-refractivity contribution in [1.29, 1.82) is 0 Å². The summed E-state index contributed by atoms with van der Waals surface area (Å²) in [5, 5.41) is 13.4. The zero-order valence-electron chi connectivity index (χ0n) is 10.0. The highest BCUT2D eigenvalue weighted by atomic mass is 16.5. The minimum atomic E-state index is -0.583. The second kappa shape index (κ2) is 4.95. The molecule has 0 bridgehead atoms. The Kier molecular flexibility index (Phi) is 3.59. The van der Waals surface area contributed by atoms with Crippen LogP contribution in [0.25, 0.3) is 0 Å². The number of hydrogen-bond acceptors (Lipinski definition) is 4. The van der Waals surface area contributed by atoms with Crippen LogP contribution in [0.15, 0.2) is 4.52 Å². The molecule has 1 unspecified atom stereocenters. The van der Waals surface area contributed by atoms with Crippen LogP contribution in [-0.2, 0) is 0 Å². The molecule has 0 saturated heterocycles. The minimum absolute atomic E-state index is 0.404. The van der Waals surface area contributed by atoms with Crippen LogP contribution in [0.1, 0.15) is 69.7 Å². The third kappa shape index (κ3) is 2.43. The average Bonchev–Trinajstić information content (AvgIpc) is 2.78. The molecule has 1 aliphatic rings. The van der Waals surface area contributed by atoms with Gasteiger partial charge < -0.3 is 9.63 Å². The van der Waals surface area contributed by atoms with E-state index in [1.807, 2.05) is 6.92 Å². The third-order valence-electron chi connectivity index (χ3n) is 3.51. The summed E-state index contributed by atoms with van der Waals surface area (Å²) in [4.78, 5) is 4.30. The summed E-state index contributed by atoms with van der Waals surface area (Å²) in [6.45, 7) is 4.19. The van der Waals surface area contributed by atoms with Gasteiger partial charge in [-0.1, -0.05) is 19.0 Å². The highest BCUT2D eigenvalue weighted by molar-refractivity contribution is 4.97. The molecule has 4 nitrogen and oxygen atoms in total. The van der Waals surface area contributed by atoms with Crippen LogP contribution in [-0.4, -0.2) is 15.2 Å². The lowest BCUT2D eigenvalue weighted by Gasteiger charge is -2.23. The number of rotatable bonds is 3. The van der Waals surface area contributed by atoms with Crippen LogP contribution in [0.2, 0.25) is 0 Å². The van der Waals surface area contributed by atoms with Crippen LogP contribution >= 0.6 is 0 Å². The molecule has 1 atom stereocenters. The van der Waals surface area contributed by atoms with Crippen LogP contribution in [0.4, 0.5) is 0 Å². The van der Waals surface area contributed by atoms with Gasteiger partial charge in [0.2, 0.25) is 5.89 Å². The molecule has 4 heteroatoms. The molecule has 1 saturated carbocycles. The molecular formula is C12H20N2O2. The van der Waals surface area contributed by atoms with Gasteiger partial charge in [0.05, 0.1) is 0 Å². The van der Waals surface area contributed by atoms with E-state index in [1.54, 1.807) is 0 Å². The van der Waals surface area contributed by atoms with E-state index in [-0.39, 0.29) is 0 Å². The first-order valence-electron chi connectivity index (χ1n) is 6.22. The summed E-state index contributed by atoms with van der Waals surface area (Å²) in [5.41, 5.74) is 0. The first-order valence-corrected chi connectivity index (χ1v) is 6.22. The van der Waals surface area contributed by atoms with E-state index in [0.29, 0.717) is 18.2 Å². The molecule has 1 fully saturated rings. The standard InChI is InChI=1S/C12H20N2O2/c1-3-10(15)11-13-12(16-14-11)9-6-4-8(2)5-7-9/h8-10,15H,3-7H2,1-2H3. The first kappa shape index (κ1) is 11.6. The highest BCUT2D eigenvalue weighted by Gasteiger charge is 2.25. The van der Waals surface area contributed by atoms with E-state index in [2.05, 4.69) is 17.1 Å². The Labute approximate surface area is 96.1 Å². The molecule has 0 spiro atoms. The van der Waals surface area contributed by atoms with Crippen molar-refractivity contribution in [2.24, 2.45) is 5.92 Å². The number of nitrogens with zero attached hydrogens (tertiary/aromatic N) is 2. The number of aliphatic hydroxyl groups is 1. The smallest absolute Gasteiger partial charge is 0.229 e.